The number of nitrogens with zero attached hydrogens (tertiary/aromatic N) is 2. The van der Waals surface area contributed by atoms with Gasteiger partial charge in [-0.15, -0.1) is 0 Å². The molecule has 1 fully saturated rings. The van der Waals surface area contributed by atoms with Crippen molar-refractivity contribution in [2.45, 2.75) is 0 Å². The van der Waals surface area contributed by atoms with Gasteiger partial charge in [0.2, 0.25) is 5.91 Å². The number of nitrogen functional groups attached to an aromatic ring is 1. The molecule has 21 heavy (non-hydrogen) atoms. The molecule has 4 N–H and O–H groups in total. The minimum absolute atomic E-state index is 0.0976. The van der Waals surface area contributed by atoms with Crippen LogP contribution in [0.25, 0.3) is 0 Å². The van der Waals surface area contributed by atoms with Crippen molar-refractivity contribution < 1.29 is 9.90 Å². The van der Waals surface area contributed by atoms with Gasteiger partial charge in [-0.3, -0.25) is 14.6 Å². The van der Waals surface area contributed by atoms with E-state index in [1.807, 2.05) is 0 Å². The highest BCUT2D eigenvalue weighted by molar-refractivity contribution is 6.31. The van der Waals surface area contributed by atoms with E-state index in [1.165, 1.54) is 0 Å². The van der Waals surface area contributed by atoms with E-state index < -0.39 is 0 Å². The lowest BCUT2D eigenvalue weighted by atomic mass is 10.2. The Morgan fingerprint density at radius 1 is 1.29 bits per heavy atom. The van der Waals surface area contributed by atoms with Crippen molar-refractivity contribution >= 4 is 28.9 Å². The highest BCUT2D eigenvalue weighted by Gasteiger charge is 2.18. The maximum atomic E-state index is 12.0. The number of carbonyl (C=O) groups is 1. The summed E-state index contributed by atoms with van der Waals surface area (Å²) < 4.78 is 0. The first-order valence-corrected chi connectivity index (χ1v) is 7.36. The third kappa shape index (κ3) is 4.86. The van der Waals surface area contributed by atoms with Crippen LogP contribution >= 0.6 is 11.6 Å². The number of nitrogens with one attached hydrogen (secondary N) is 1. The summed E-state index contributed by atoms with van der Waals surface area (Å²) in [6.45, 7) is 4.57. The molecule has 7 heteroatoms. The van der Waals surface area contributed by atoms with Crippen molar-refractivity contribution in [2.75, 3.05) is 56.9 Å². The maximum Gasteiger partial charge on any atom is 0.238 e. The topological polar surface area (TPSA) is 81.8 Å². The van der Waals surface area contributed by atoms with E-state index in [9.17, 15) is 4.79 Å². The van der Waals surface area contributed by atoms with Crippen molar-refractivity contribution in [3.05, 3.63) is 23.2 Å². The van der Waals surface area contributed by atoms with Crippen LogP contribution in [-0.4, -0.2) is 66.7 Å². The monoisotopic (exact) mass is 312 g/mol. The van der Waals surface area contributed by atoms with Crippen molar-refractivity contribution in [2.24, 2.45) is 0 Å². The molecule has 6 nitrogen and oxygen atoms in total. The molecule has 1 saturated heterocycles. The average molecular weight is 313 g/mol. The van der Waals surface area contributed by atoms with Crippen molar-refractivity contribution in [1.82, 2.24) is 9.80 Å². The van der Waals surface area contributed by atoms with Crippen LogP contribution in [0.3, 0.4) is 0 Å². The lowest BCUT2D eigenvalue weighted by Crippen LogP contribution is -2.49. The highest BCUT2D eigenvalue weighted by Crippen LogP contribution is 2.22. The number of hydrogen-bond donors (Lipinski definition) is 3. The number of carbonyl (C=O) groups excluding carboxylic acids is 1. The number of halogens is 1. The summed E-state index contributed by atoms with van der Waals surface area (Å²) in [7, 11) is 0. The van der Waals surface area contributed by atoms with Gasteiger partial charge in [0.25, 0.3) is 0 Å². The Bertz CT molecular complexity index is 490. The van der Waals surface area contributed by atoms with Crippen molar-refractivity contribution in [3.8, 4) is 0 Å². The first-order valence-electron chi connectivity index (χ1n) is 6.99. The van der Waals surface area contributed by atoms with E-state index in [4.69, 9.17) is 22.4 Å². The second-order valence-corrected chi connectivity index (χ2v) is 5.56. The zero-order valence-electron chi connectivity index (χ0n) is 11.9. The molecule has 0 bridgehead atoms. The van der Waals surface area contributed by atoms with Gasteiger partial charge in [0.05, 0.1) is 24.5 Å². The molecule has 1 amide bonds. The van der Waals surface area contributed by atoms with Crippen LogP contribution in [-0.2, 0) is 4.79 Å². The molecule has 2 rings (SSSR count). The molecule has 1 aromatic carbocycles. The van der Waals surface area contributed by atoms with Gasteiger partial charge in [-0.25, -0.2) is 0 Å². The summed E-state index contributed by atoms with van der Waals surface area (Å²) in [5.74, 6) is -0.0976. The van der Waals surface area contributed by atoms with Gasteiger partial charge < -0.3 is 16.2 Å². The maximum absolute atomic E-state index is 12.0. The molecular weight excluding hydrogens is 292 g/mol. The average Bonchev–Trinajstić information content (AvgIpc) is 2.45. The minimum Gasteiger partial charge on any atom is -0.397 e. The lowest BCUT2D eigenvalue weighted by molar-refractivity contribution is -0.117. The van der Waals surface area contributed by atoms with E-state index in [1.54, 1.807) is 18.2 Å². The van der Waals surface area contributed by atoms with Gasteiger partial charge in [0, 0.05) is 37.7 Å². The van der Waals surface area contributed by atoms with Crippen molar-refractivity contribution in [1.29, 1.82) is 0 Å². The summed E-state index contributed by atoms with van der Waals surface area (Å²) >= 11 is 5.89. The molecule has 0 aliphatic carbocycles. The highest BCUT2D eigenvalue weighted by atomic mass is 35.5. The van der Waals surface area contributed by atoms with Gasteiger partial charge >= 0.3 is 0 Å². The Balaban J connectivity index is 1.81. The Hall–Kier alpha value is -1.34. The number of amides is 1. The molecule has 1 heterocycles. The van der Waals surface area contributed by atoms with Gasteiger partial charge in [-0.1, -0.05) is 11.6 Å². The lowest BCUT2D eigenvalue weighted by Gasteiger charge is -2.33. The molecule has 0 spiro atoms. The summed E-state index contributed by atoms with van der Waals surface area (Å²) in [6.07, 6.45) is 0. The first-order chi connectivity index (χ1) is 10.1. The largest absolute Gasteiger partial charge is 0.397 e. The van der Waals surface area contributed by atoms with Gasteiger partial charge in [0.1, 0.15) is 0 Å². The molecule has 1 aliphatic rings. The zero-order valence-corrected chi connectivity index (χ0v) is 12.6. The van der Waals surface area contributed by atoms with Crippen LogP contribution in [0.1, 0.15) is 0 Å². The number of β-amino-alcohol motifs (C(OH)–C–C–N with tert-alkyl or cyclic N) is 1. The Morgan fingerprint density at radius 2 is 1.95 bits per heavy atom. The molecule has 0 radical (unpaired) electrons. The molecule has 1 aromatic rings. The van der Waals surface area contributed by atoms with E-state index in [0.29, 0.717) is 29.5 Å². The van der Waals surface area contributed by atoms with Crippen molar-refractivity contribution in [3.63, 3.8) is 0 Å². The number of anilines is 2. The number of aliphatic hydroxyl groups is 1. The van der Waals surface area contributed by atoms with Crippen LogP contribution in [0.15, 0.2) is 18.2 Å². The molecule has 1 aliphatic heterocycles. The predicted octanol–water partition coefficient (Wildman–Crippen LogP) is 0.471. The van der Waals surface area contributed by atoms with Gasteiger partial charge in [-0.05, 0) is 18.2 Å². The smallest absolute Gasteiger partial charge is 0.238 e. The fourth-order valence-electron chi connectivity index (χ4n) is 2.34. The van der Waals surface area contributed by atoms with E-state index in [0.717, 1.165) is 26.2 Å². The number of nitrogens with two attached hydrogens (primary N) is 1. The number of hydrogen-bond acceptors (Lipinski definition) is 5. The molecular formula is C14H21ClN4O2. The van der Waals surface area contributed by atoms with E-state index in [-0.39, 0.29) is 12.5 Å². The molecule has 116 valence electrons. The third-order valence-electron chi connectivity index (χ3n) is 3.54. The number of benzene rings is 1. The van der Waals surface area contributed by atoms with Crippen LogP contribution in [0, 0.1) is 0 Å². The summed E-state index contributed by atoms with van der Waals surface area (Å²) in [5.41, 5.74) is 6.85. The minimum atomic E-state index is -0.0976. The molecule has 0 unspecified atom stereocenters. The molecule has 0 aromatic heterocycles. The number of piperazine rings is 1. The second kappa shape index (κ2) is 7.61. The second-order valence-electron chi connectivity index (χ2n) is 5.12. The number of rotatable bonds is 5. The summed E-state index contributed by atoms with van der Waals surface area (Å²) in [4.78, 5) is 16.3. The Labute approximate surface area is 129 Å². The van der Waals surface area contributed by atoms with Crippen LogP contribution in [0.5, 0.6) is 0 Å². The quantitative estimate of drug-likeness (QED) is 0.689. The fraction of sp³-hybridized carbons (Fsp3) is 0.500. The molecule has 0 saturated carbocycles. The summed E-state index contributed by atoms with van der Waals surface area (Å²) in [6, 6.07) is 5.01. The molecule has 0 atom stereocenters. The zero-order chi connectivity index (χ0) is 15.2. The SMILES string of the molecule is Nc1ccc(Cl)cc1NC(=O)CN1CCN(CCO)CC1. The van der Waals surface area contributed by atoms with E-state index >= 15 is 0 Å². The fourth-order valence-corrected chi connectivity index (χ4v) is 2.51. The number of aliphatic hydroxyl groups excluding tert-OH is 1. The summed E-state index contributed by atoms with van der Waals surface area (Å²) in [5, 5.41) is 12.2. The Kier molecular flexibility index (Phi) is 5.81. The van der Waals surface area contributed by atoms with E-state index in [2.05, 4.69) is 15.1 Å². The van der Waals surface area contributed by atoms with Crippen LogP contribution in [0.4, 0.5) is 11.4 Å². The first kappa shape index (κ1) is 16.0. The normalized spacial score (nSPS) is 16.9. The standard InChI is InChI=1S/C14H21ClN4O2/c15-11-1-2-12(16)13(9-11)17-14(21)10-19-5-3-18(4-6-19)7-8-20/h1-2,9,20H,3-8,10,16H2,(H,17,21). The van der Waals surface area contributed by atoms with Gasteiger partial charge in [0.15, 0.2) is 0 Å². The predicted molar refractivity (Wildman–Crippen MR) is 84.5 cm³/mol. The van der Waals surface area contributed by atoms with Gasteiger partial charge in [-0.2, -0.15) is 0 Å². The van der Waals surface area contributed by atoms with Crippen LogP contribution in [0.2, 0.25) is 5.02 Å². The van der Waals surface area contributed by atoms with Crippen LogP contribution < -0.4 is 11.1 Å². The third-order valence-corrected chi connectivity index (χ3v) is 3.77. The Morgan fingerprint density at radius 3 is 2.62 bits per heavy atom.